The maximum atomic E-state index is 4.47. The molecule has 3 nitrogen and oxygen atoms in total. The van der Waals surface area contributed by atoms with Gasteiger partial charge in [-0.25, -0.2) is 0 Å². The van der Waals surface area contributed by atoms with E-state index in [0.717, 1.165) is 32.2 Å². The molecule has 0 aromatic carbocycles. The summed E-state index contributed by atoms with van der Waals surface area (Å²) in [6.45, 7) is 16.5. The Hall–Kier alpha value is -0.120. The summed E-state index contributed by atoms with van der Waals surface area (Å²) in [6.07, 6.45) is 2.72. The second-order valence-corrected chi connectivity index (χ2v) is 6.72. The first kappa shape index (κ1) is 14.3. The van der Waals surface area contributed by atoms with Gasteiger partial charge in [-0.15, -0.1) is 0 Å². The molecular weight excluding hydrogens is 224 g/mol. The van der Waals surface area contributed by atoms with Crippen molar-refractivity contribution < 1.29 is 4.74 Å². The highest BCUT2D eigenvalue weighted by atomic mass is 16.5. The summed E-state index contributed by atoms with van der Waals surface area (Å²) in [6, 6.07) is 0.711. The third-order valence-electron chi connectivity index (χ3n) is 5.13. The molecule has 0 radical (unpaired) electrons. The van der Waals surface area contributed by atoms with Crippen molar-refractivity contribution in [2.24, 2.45) is 5.92 Å². The van der Waals surface area contributed by atoms with Crippen LogP contribution in [0, 0.1) is 5.92 Å². The Bertz CT molecular complexity index is 251. The molecule has 0 amide bonds. The molecule has 2 saturated heterocycles. The summed E-state index contributed by atoms with van der Waals surface area (Å²) >= 11 is 0. The van der Waals surface area contributed by atoms with Crippen LogP contribution in [0.4, 0.5) is 0 Å². The molecule has 0 aromatic rings. The van der Waals surface area contributed by atoms with Gasteiger partial charge in [0.05, 0.1) is 13.1 Å². The number of aliphatic hydroxyl groups is 2. The average Bonchev–Trinajstić information content (AvgIpc) is 2.40. The zero-order valence-electron chi connectivity index (χ0n) is 12.7. The maximum absolute atomic E-state index is 4.47. The minimum Gasteiger partial charge on any atom is -0.432 e. The van der Waals surface area contributed by atoms with Gasteiger partial charge in [0.1, 0.15) is 0 Å². The minimum atomic E-state index is 0.360. The van der Waals surface area contributed by atoms with E-state index < -0.39 is 0 Å². The SMILES string of the molecule is CC(C)N1CCC(C(C)(C)N2CC[OH+]CC2)CC1. The fourth-order valence-corrected chi connectivity index (χ4v) is 3.56. The minimum absolute atomic E-state index is 0.360. The average molecular weight is 255 g/mol. The van der Waals surface area contributed by atoms with Gasteiger partial charge in [0.2, 0.25) is 0 Å². The van der Waals surface area contributed by atoms with Crippen molar-refractivity contribution in [2.45, 2.75) is 52.1 Å². The van der Waals surface area contributed by atoms with Crippen molar-refractivity contribution in [2.75, 3.05) is 39.4 Å². The fourth-order valence-electron chi connectivity index (χ4n) is 3.56. The van der Waals surface area contributed by atoms with Gasteiger partial charge in [-0.1, -0.05) is 0 Å². The Morgan fingerprint density at radius 1 is 1.00 bits per heavy atom. The van der Waals surface area contributed by atoms with Gasteiger partial charge in [0.25, 0.3) is 0 Å². The Labute approximate surface area is 112 Å². The lowest BCUT2D eigenvalue weighted by Crippen LogP contribution is -2.56. The van der Waals surface area contributed by atoms with Gasteiger partial charge in [-0.3, -0.25) is 4.90 Å². The molecule has 2 aliphatic heterocycles. The molecule has 0 bridgehead atoms. The van der Waals surface area contributed by atoms with E-state index in [0.29, 0.717) is 11.6 Å². The third-order valence-corrected chi connectivity index (χ3v) is 5.13. The molecule has 1 N–H and O–H groups in total. The lowest BCUT2D eigenvalue weighted by atomic mass is 9.78. The fraction of sp³-hybridized carbons (Fsp3) is 1.00. The summed E-state index contributed by atoms with van der Waals surface area (Å²) in [4.78, 5) is 5.30. The maximum Gasteiger partial charge on any atom is 0.157 e. The summed E-state index contributed by atoms with van der Waals surface area (Å²) in [5, 5.41) is 0. The van der Waals surface area contributed by atoms with E-state index in [-0.39, 0.29) is 0 Å². The van der Waals surface area contributed by atoms with Crippen molar-refractivity contribution in [1.82, 2.24) is 9.80 Å². The van der Waals surface area contributed by atoms with Crippen LogP contribution in [0.5, 0.6) is 0 Å². The van der Waals surface area contributed by atoms with E-state index in [4.69, 9.17) is 0 Å². The zero-order valence-corrected chi connectivity index (χ0v) is 12.7. The highest BCUT2D eigenvalue weighted by Gasteiger charge is 2.38. The lowest BCUT2D eigenvalue weighted by Gasteiger charge is -2.48. The van der Waals surface area contributed by atoms with Gasteiger partial charge in [-0.05, 0) is 59.5 Å². The van der Waals surface area contributed by atoms with Crippen LogP contribution in [-0.2, 0) is 0 Å². The molecule has 2 aliphatic rings. The van der Waals surface area contributed by atoms with Crippen LogP contribution < -0.4 is 0 Å². The molecule has 2 fully saturated rings. The number of nitrogens with zero attached hydrogens (tertiary/aromatic N) is 2. The number of rotatable bonds is 3. The topological polar surface area (TPSA) is 19.3 Å². The molecule has 0 unspecified atom stereocenters. The van der Waals surface area contributed by atoms with Crippen molar-refractivity contribution in [3.63, 3.8) is 0 Å². The molecule has 0 spiro atoms. The molecule has 3 heteroatoms. The second kappa shape index (κ2) is 5.89. The van der Waals surface area contributed by atoms with E-state index in [1.807, 2.05) is 0 Å². The highest BCUT2D eigenvalue weighted by Crippen LogP contribution is 2.33. The summed E-state index contributed by atoms with van der Waals surface area (Å²) in [5.41, 5.74) is 0.360. The number of likely N-dealkylation sites (tertiary alicyclic amines) is 1. The van der Waals surface area contributed by atoms with Crippen LogP contribution >= 0.6 is 0 Å². The third kappa shape index (κ3) is 3.06. The smallest absolute Gasteiger partial charge is 0.157 e. The van der Waals surface area contributed by atoms with Crippen LogP contribution in [-0.4, -0.2) is 65.5 Å². The van der Waals surface area contributed by atoms with Gasteiger partial charge in [-0.2, -0.15) is 0 Å². The van der Waals surface area contributed by atoms with Crippen molar-refractivity contribution in [3.05, 3.63) is 0 Å². The molecule has 18 heavy (non-hydrogen) atoms. The van der Waals surface area contributed by atoms with E-state index in [2.05, 4.69) is 42.2 Å². The molecule has 2 rings (SSSR count). The van der Waals surface area contributed by atoms with E-state index >= 15 is 0 Å². The van der Waals surface area contributed by atoms with Crippen molar-refractivity contribution >= 4 is 0 Å². The molecule has 0 aromatic heterocycles. The first-order valence-electron chi connectivity index (χ1n) is 7.64. The Morgan fingerprint density at radius 2 is 1.56 bits per heavy atom. The summed E-state index contributed by atoms with van der Waals surface area (Å²) in [5.74, 6) is 0.852. The Kier molecular flexibility index (Phi) is 4.68. The molecule has 2 heterocycles. The summed E-state index contributed by atoms with van der Waals surface area (Å²) in [7, 11) is 0. The normalized spacial score (nSPS) is 25.8. The summed E-state index contributed by atoms with van der Waals surface area (Å²) < 4.78 is 4.47. The predicted octanol–water partition coefficient (Wildman–Crippen LogP) is 1.73. The standard InChI is InChI=1S/C15H30N2O/c1-13(2)16-7-5-14(6-8-16)15(3,4)17-9-11-18-12-10-17/h13-14H,5-12H2,1-4H3/p+1. The van der Waals surface area contributed by atoms with Crippen LogP contribution in [0.3, 0.4) is 0 Å². The molecule has 0 atom stereocenters. The monoisotopic (exact) mass is 255 g/mol. The predicted molar refractivity (Wildman–Crippen MR) is 77.0 cm³/mol. The quantitative estimate of drug-likeness (QED) is 0.716. The number of hydrogen-bond acceptors (Lipinski definition) is 2. The van der Waals surface area contributed by atoms with Gasteiger partial charge < -0.3 is 9.64 Å². The van der Waals surface area contributed by atoms with E-state index in [1.54, 1.807) is 0 Å². The largest absolute Gasteiger partial charge is 0.432 e. The Morgan fingerprint density at radius 3 is 2.06 bits per heavy atom. The second-order valence-electron chi connectivity index (χ2n) is 6.72. The number of hydrogen-bond donors (Lipinski definition) is 0. The molecule has 0 aliphatic carbocycles. The van der Waals surface area contributed by atoms with Crippen LogP contribution in [0.1, 0.15) is 40.5 Å². The van der Waals surface area contributed by atoms with Crippen LogP contribution in [0.2, 0.25) is 0 Å². The number of ether oxygens (including phenoxy) is 1. The number of morpholine rings is 1. The number of β-amino-alcohol motifs (C(OH)–C–C–N with tert-alkyl or cyclic N) is 1. The van der Waals surface area contributed by atoms with Gasteiger partial charge in [0, 0.05) is 11.6 Å². The Balaban J connectivity index is 1.90. The first-order valence-corrected chi connectivity index (χ1v) is 7.64. The van der Waals surface area contributed by atoms with Crippen molar-refractivity contribution in [1.29, 1.82) is 0 Å². The first-order chi connectivity index (χ1) is 8.51. The van der Waals surface area contributed by atoms with Gasteiger partial charge in [0.15, 0.2) is 13.2 Å². The molecule has 0 saturated carbocycles. The van der Waals surface area contributed by atoms with E-state index in [1.165, 1.54) is 25.9 Å². The zero-order chi connectivity index (χ0) is 13.2. The van der Waals surface area contributed by atoms with Crippen molar-refractivity contribution in [3.8, 4) is 0 Å². The molecule has 106 valence electrons. The van der Waals surface area contributed by atoms with Crippen LogP contribution in [0.15, 0.2) is 0 Å². The lowest BCUT2D eigenvalue weighted by molar-refractivity contribution is -0.123. The van der Waals surface area contributed by atoms with Gasteiger partial charge >= 0.3 is 0 Å². The molecular formula is C15H31N2O+. The van der Waals surface area contributed by atoms with Crippen LogP contribution in [0.25, 0.3) is 0 Å². The van der Waals surface area contributed by atoms with E-state index in [9.17, 15) is 0 Å². The highest BCUT2D eigenvalue weighted by molar-refractivity contribution is 4.92. The number of piperidine rings is 1.